The lowest BCUT2D eigenvalue weighted by atomic mass is 10.3. The lowest BCUT2D eigenvalue weighted by Gasteiger charge is -1.95. The van der Waals surface area contributed by atoms with E-state index in [9.17, 15) is 4.39 Å². The van der Waals surface area contributed by atoms with Crippen molar-refractivity contribution in [1.29, 1.82) is 0 Å². The molecule has 0 heterocycles. The molecule has 0 saturated carbocycles. The molecule has 0 aromatic carbocycles. The summed E-state index contributed by atoms with van der Waals surface area (Å²) < 4.78 is 11.4. The Morgan fingerprint density at radius 2 is 2.10 bits per heavy atom. The number of allylic oxidation sites excluding steroid dienone is 4. The van der Waals surface area contributed by atoms with E-state index in [0.717, 1.165) is 5.70 Å². The topological polar surface area (TPSA) is 12.0 Å². The van der Waals surface area contributed by atoms with Gasteiger partial charge < -0.3 is 5.32 Å². The predicted octanol–water partition coefficient (Wildman–Crippen LogP) is 2.15. The summed E-state index contributed by atoms with van der Waals surface area (Å²) in [4.78, 5) is 0. The molecule has 0 aliphatic heterocycles. The Labute approximate surface area is 60.9 Å². The second-order valence-corrected chi connectivity index (χ2v) is 1.67. The number of likely N-dealkylation sites (N-methyl/N-ethyl adjacent to an activating group) is 1. The van der Waals surface area contributed by atoms with Crippen LogP contribution in [0.1, 0.15) is 6.92 Å². The fourth-order valence-corrected chi connectivity index (χ4v) is 0.525. The van der Waals surface area contributed by atoms with Gasteiger partial charge in [0, 0.05) is 12.7 Å². The molecule has 0 fully saturated rings. The van der Waals surface area contributed by atoms with Gasteiger partial charge in [-0.2, -0.15) is 0 Å². The van der Waals surface area contributed by atoms with Crippen LogP contribution in [0, 0.1) is 0 Å². The molecule has 10 heavy (non-hydrogen) atoms. The maximum atomic E-state index is 11.4. The van der Waals surface area contributed by atoms with Crippen LogP contribution < -0.4 is 5.32 Å². The summed E-state index contributed by atoms with van der Waals surface area (Å²) in [7, 11) is 1.82. The first kappa shape index (κ1) is 8.95. The lowest BCUT2D eigenvalue weighted by molar-refractivity contribution is 0.721. The van der Waals surface area contributed by atoms with Gasteiger partial charge in [0.1, 0.15) is 0 Å². The van der Waals surface area contributed by atoms with Gasteiger partial charge in [0.05, 0.1) is 6.33 Å². The Morgan fingerprint density at radius 1 is 1.40 bits per heavy atom. The molecule has 1 nitrogen and oxygen atoms in total. The molecule has 0 spiro atoms. The van der Waals surface area contributed by atoms with Gasteiger partial charge in [-0.3, -0.25) is 0 Å². The van der Waals surface area contributed by atoms with Crippen LogP contribution in [0.2, 0.25) is 0 Å². The largest absolute Gasteiger partial charge is 0.388 e. The number of hydrogen-bond donors (Lipinski definition) is 1. The molecule has 0 amide bonds. The molecule has 0 aliphatic carbocycles. The summed E-state index contributed by atoms with van der Waals surface area (Å²) in [5.74, 6) is 0. The van der Waals surface area contributed by atoms with Crippen molar-refractivity contribution in [3.8, 4) is 0 Å². The van der Waals surface area contributed by atoms with Crippen LogP contribution >= 0.6 is 0 Å². The third-order valence-electron chi connectivity index (χ3n) is 1.06. The Balaban J connectivity index is 3.85. The minimum absolute atomic E-state index is 0.499. The second kappa shape index (κ2) is 6.08. The fourth-order valence-electron chi connectivity index (χ4n) is 0.525. The van der Waals surface area contributed by atoms with E-state index in [4.69, 9.17) is 0 Å². The molecule has 0 aromatic heterocycles. The lowest BCUT2D eigenvalue weighted by Crippen LogP contribution is -2.01. The Morgan fingerprint density at radius 3 is 2.50 bits per heavy atom. The summed E-state index contributed by atoms with van der Waals surface area (Å²) >= 11 is 0. The average molecular weight is 141 g/mol. The first-order valence-corrected chi connectivity index (χ1v) is 3.12. The Hall–Kier alpha value is -1.05. The highest BCUT2D eigenvalue weighted by atomic mass is 19.1. The zero-order valence-electron chi connectivity index (χ0n) is 6.26. The minimum Gasteiger partial charge on any atom is -0.388 e. The van der Waals surface area contributed by atoms with Crippen molar-refractivity contribution < 1.29 is 4.39 Å². The van der Waals surface area contributed by atoms with Crippen LogP contribution in [0.25, 0.3) is 0 Å². The van der Waals surface area contributed by atoms with Gasteiger partial charge in [-0.25, -0.2) is 4.39 Å². The van der Waals surface area contributed by atoms with Gasteiger partial charge >= 0.3 is 0 Å². The van der Waals surface area contributed by atoms with Crippen LogP contribution in [0.3, 0.4) is 0 Å². The zero-order valence-corrected chi connectivity index (χ0v) is 6.26. The standard InChI is InChI=1S/C8H12FN/c1-3-8(10-2)6-4-5-7-9/h3-7,10H,1-2H3/b6-4-,7-5+,8-3+. The highest BCUT2D eigenvalue weighted by Gasteiger charge is 1.78. The molecule has 0 radical (unpaired) electrons. The predicted molar refractivity (Wildman–Crippen MR) is 42.2 cm³/mol. The molecule has 2 heteroatoms. The van der Waals surface area contributed by atoms with Gasteiger partial charge in [-0.05, 0) is 19.1 Å². The van der Waals surface area contributed by atoms with Crippen molar-refractivity contribution in [1.82, 2.24) is 5.32 Å². The average Bonchev–Trinajstić information content (AvgIpc) is 1.99. The van der Waals surface area contributed by atoms with E-state index in [0.29, 0.717) is 6.33 Å². The summed E-state index contributed by atoms with van der Waals surface area (Å²) in [6.07, 6.45) is 7.16. The van der Waals surface area contributed by atoms with E-state index in [2.05, 4.69) is 5.32 Å². The molecule has 0 unspecified atom stereocenters. The van der Waals surface area contributed by atoms with E-state index in [1.54, 1.807) is 12.2 Å². The SMILES string of the molecule is C\C=C(/C=C\C=C\F)NC. The summed E-state index contributed by atoms with van der Waals surface area (Å²) in [6.45, 7) is 1.91. The Bertz CT molecular complexity index is 157. The van der Waals surface area contributed by atoms with Gasteiger partial charge in [-0.1, -0.05) is 12.2 Å². The number of nitrogens with one attached hydrogen (secondary N) is 1. The quantitative estimate of drug-likeness (QED) is 0.594. The first-order chi connectivity index (χ1) is 4.85. The fraction of sp³-hybridized carbons (Fsp3) is 0.250. The van der Waals surface area contributed by atoms with Gasteiger partial charge in [0.2, 0.25) is 0 Å². The van der Waals surface area contributed by atoms with Crippen molar-refractivity contribution >= 4 is 0 Å². The van der Waals surface area contributed by atoms with Crippen molar-refractivity contribution in [3.05, 3.63) is 36.3 Å². The van der Waals surface area contributed by atoms with E-state index in [1.165, 1.54) is 6.08 Å². The molecule has 0 rings (SSSR count). The summed E-state index contributed by atoms with van der Waals surface area (Å²) in [5, 5.41) is 2.93. The zero-order chi connectivity index (χ0) is 7.82. The van der Waals surface area contributed by atoms with E-state index in [1.807, 2.05) is 20.0 Å². The first-order valence-electron chi connectivity index (χ1n) is 3.12. The third kappa shape index (κ3) is 3.89. The van der Waals surface area contributed by atoms with Crippen molar-refractivity contribution in [2.75, 3.05) is 7.05 Å². The summed E-state index contributed by atoms with van der Waals surface area (Å²) in [6, 6.07) is 0. The van der Waals surface area contributed by atoms with Crippen LogP contribution in [-0.2, 0) is 0 Å². The van der Waals surface area contributed by atoms with Crippen molar-refractivity contribution in [2.24, 2.45) is 0 Å². The molecule has 56 valence electrons. The smallest absolute Gasteiger partial charge is 0.0866 e. The van der Waals surface area contributed by atoms with Gasteiger partial charge in [0.15, 0.2) is 0 Å². The molecule has 0 saturated heterocycles. The van der Waals surface area contributed by atoms with Crippen LogP contribution in [-0.4, -0.2) is 7.05 Å². The molecule has 0 aliphatic rings. The molecule has 1 N–H and O–H groups in total. The van der Waals surface area contributed by atoms with Crippen LogP contribution in [0.15, 0.2) is 36.3 Å². The molecule has 0 bridgehead atoms. The van der Waals surface area contributed by atoms with Gasteiger partial charge in [0.25, 0.3) is 0 Å². The van der Waals surface area contributed by atoms with Crippen molar-refractivity contribution in [2.45, 2.75) is 6.92 Å². The number of halogens is 1. The summed E-state index contributed by atoms with van der Waals surface area (Å²) in [5.41, 5.74) is 0.970. The molecule has 0 aromatic rings. The highest BCUT2D eigenvalue weighted by molar-refractivity contribution is 5.18. The highest BCUT2D eigenvalue weighted by Crippen LogP contribution is 1.89. The third-order valence-corrected chi connectivity index (χ3v) is 1.06. The normalized spacial score (nSPS) is 13.3. The van der Waals surface area contributed by atoms with E-state index >= 15 is 0 Å². The molecule has 0 atom stereocenters. The maximum absolute atomic E-state index is 11.4. The van der Waals surface area contributed by atoms with Crippen molar-refractivity contribution in [3.63, 3.8) is 0 Å². The van der Waals surface area contributed by atoms with E-state index in [-0.39, 0.29) is 0 Å². The number of hydrogen-bond acceptors (Lipinski definition) is 1. The second-order valence-electron chi connectivity index (χ2n) is 1.67. The minimum atomic E-state index is 0.499. The molecular weight excluding hydrogens is 129 g/mol. The van der Waals surface area contributed by atoms with Gasteiger partial charge in [-0.15, -0.1) is 0 Å². The number of rotatable bonds is 3. The van der Waals surface area contributed by atoms with Crippen LogP contribution in [0.5, 0.6) is 0 Å². The van der Waals surface area contributed by atoms with E-state index < -0.39 is 0 Å². The van der Waals surface area contributed by atoms with Crippen LogP contribution in [0.4, 0.5) is 4.39 Å². The monoisotopic (exact) mass is 141 g/mol. The Kier molecular flexibility index (Phi) is 5.44. The molecular formula is C8H12FN. The maximum Gasteiger partial charge on any atom is 0.0866 e.